The van der Waals surface area contributed by atoms with Crippen molar-refractivity contribution in [1.29, 1.82) is 0 Å². The summed E-state index contributed by atoms with van der Waals surface area (Å²) in [7, 11) is -2.54. The molecule has 0 aliphatic heterocycles. The van der Waals surface area contributed by atoms with Crippen molar-refractivity contribution in [2.45, 2.75) is 0 Å². The van der Waals surface area contributed by atoms with Gasteiger partial charge in [-0.15, -0.1) is 0 Å². The van der Waals surface area contributed by atoms with Crippen LogP contribution < -0.4 is 9.73 Å². The number of rotatable bonds is 7. The summed E-state index contributed by atoms with van der Waals surface area (Å²) < 4.78 is 42.6. The smallest absolute Gasteiger partial charge is 0.337 e. The lowest BCUT2D eigenvalue weighted by molar-refractivity contribution is -0.119. The van der Waals surface area contributed by atoms with Gasteiger partial charge in [-0.2, -0.15) is 5.10 Å². The van der Waals surface area contributed by atoms with Crippen molar-refractivity contribution in [3.8, 4) is 0 Å². The van der Waals surface area contributed by atoms with Crippen LogP contribution in [-0.2, 0) is 19.6 Å². The molecule has 2 rings (SSSR count). The zero-order valence-corrected chi connectivity index (χ0v) is 15.9. The largest absolute Gasteiger partial charge is 0.465 e. The summed E-state index contributed by atoms with van der Waals surface area (Å²) in [6, 6.07) is 11.2. The highest BCUT2D eigenvalue weighted by atomic mass is 32.2. The van der Waals surface area contributed by atoms with Crippen molar-refractivity contribution in [3.05, 3.63) is 65.5 Å². The number of hydrogen-bond acceptors (Lipinski definition) is 6. The molecule has 0 saturated carbocycles. The molecular weight excluding hydrogens is 389 g/mol. The monoisotopic (exact) mass is 407 g/mol. The third-order valence-electron chi connectivity index (χ3n) is 3.52. The Hall–Kier alpha value is -3.27. The average Bonchev–Trinajstić information content (AvgIpc) is 2.65. The van der Waals surface area contributed by atoms with Gasteiger partial charge in [-0.25, -0.2) is 23.0 Å². The summed E-state index contributed by atoms with van der Waals surface area (Å²) in [6.07, 6.45) is 2.24. The molecule has 8 nitrogen and oxygen atoms in total. The van der Waals surface area contributed by atoms with E-state index in [9.17, 15) is 22.4 Å². The van der Waals surface area contributed by atoms with Crippen molar-refractivity contribution in [2.24, 2.45) is 5.10 Å². The standard InChI is InChI=1S/C18H18FN3O5S/c1-27-18(24)14-8-6-13(7-9-14)11-20-21-17(23)12-22(28(2,25)26)16-5-3-4-15(19)10-16/h3-11H,12H2,1-2H3,(H,21,23)/b20-11-. The van der Waals surface area contributed by atoms with E-state index in [2.05, 4.69) is 15.3 Å². The normalized spacial score (nSPS) is 11.2. The van der Waals surface area contributed by atoms with E-state index in [1.807, 2.05) is 0 Å². The first kappa shape index (κ1) is 21.0. The maximum Gasteiger partial charge on any atom is 0.337 e. The molecule has 0 radical (unpaired) electrons. The first-order valence-corrected chi connectivity index (χ1v) is 9.79. The van der Waals surface area contributed by atoms with Gasteiger partial charge in [0.2, 0.25) is 10.0 Å². The van der Waals surface area contributed by atoms with E-state index in [1.165, 1.54) is 43.7 Å². The Morgan fingerprint density at radius 2 is 1.89 bits per heavy atom. The Morgan fingerprint density at radius 1 is 1.21 bits per heavy atom. The van der Waals surface area contributed by atoms with Crippen LogP contribution >= 0.6 is 0 Å². The molecule has 0 unspecified atom stereocenters. The molecule has 10 heteroatoms. The summed E-state index contributed by atoms with van der Waals surface area (Å²) in [5.74, 6) is -1.81. The first-order chi connectivity index (χ1) is 13.2. The minimum Gasteiger partial charge on any atom is -0.465 e. The van der Waals surface area contributed by atoms with Gasteiger partial charge in [-0.05, 0) is 35.9 Å². The van der Waals surface area contributed by atoms with Gasteiger partial charge < -0.3 is 4.74 Å². The van der Waals surface area contributed by atoms with Crippen LogP contribution in [-0.4, -0.2) is 46.4 Å². The van der Waals surface area contributed by atoms with Gasteiger partial charge in [0.1, 0.15) is 12.4 Å². The number of carbonyl (C=O) groups excluding carboxylic acids is 2. The maximum atomic E-state index is 13.4. The molecule has 0 aliphatic carbocycles. The number of halogens is 1. The Balaban J connectivity index is 2.03. The molecule has 1 N–H and O–H groups in total. The maximum absolute atomic E-state index is 13.4. The van der Waals surface area contributed by atoms with Gasteiger partial charge in [0, 0.05) is 0 Å². The third kappa shape index (κ3) is 5.88. The predicted octanol–water partition coefficient (Wildman–Crippen LogP) is 1.53. The number of hydrogen-bond donors (Lipinski definition) is 1. The van der Waals surface area contributed by atoms with E-state index in [-0.39, 0.29) is 5.69 Å². The van der Waals surface area contributed by atoms with E-state index < -0.39 is 34.3 Å². The Morgan fingerprint density at radius 3 is 2.46 bits per heavy atom. The predicted molar refractivity (Wildman–Crippen MR) is 102 cm³/mol. The van der Waals surface area contributed by atoms with Gasteiger partial charge in [0.05, 0.1) is 30.8 Å². The zero-order valence-electron chi connectivity index (χ0n) is 15.1. The number of anilines is 1. The Labute approximate surface area is 161 Å². The van der Waals surface area contributed by atoms with E-state index in [1.54, 1.807) is 12.1 Å². The molecule has 0 spiro atoms. The van der Waals surface area contributed by atoms with E-state index in [0.717, 1.165) is 16.6 Å². The quantitative estimate of drug-likeness (QED) is 0.426. The number of esters is 1. The van der Waals surface area contributed by atoms with Gasteiger partial charge in [-0.3, -0.25) is 9.10 Å². The second kappa shape index (κ2) is 9.09. The molecule has 0 saturated heterocycles. The summed E-state index contributed by atoms with van der Waals surface area (Å²) >= 11 is 0. The molecule has 2 aromatic rings. The second-order valence-electron chi connectivity index (χ2n) is 5.66. The van der Waals surface area contributed by atoms with Gasteiger partial charge in [0.25, 0.3) is 5.91 Å². The molecule has 0 aromatic heterocycles. The summed E-state index contributed by atoms with van der Waals surface area (Å²) in [4.78, 5) is 23.4. The molecule has 0 heterocycles. The van der Waals surface area contributed by atoms with Crippen molar-refractivity contribution >= 4 is 33.8 Å². The van der Waals surface area contributed by atoms with Crippen LogP contribution in [0.25, 0.3) is 0 Å². The summed E-state index contributed by atoms with van der Waals surface area (Å²) in [5, 5.41) is 3.75. The average molecular weight is 407 g/mol. The fourth-order valence-electron chi connectivity index (χ4n) is 2.20. The van der Waals surface area contributed by atoms with Crippen LogP contribution in [0.15, 0.2) is 53.6 Å². The molecule has 28 heavy (non-hydrogen) atoms. The molecule has 148 valence electrons. The molecule has 0 aliphatic rings. The lowest BCUT2D eigenvalue weighted by Gasteiger charge is -2.21. The number of hydrazone groups is 1. The van der Waals surface area contributed by atoms with Crippen molar-refractivity contribution in [3.63, 3.8) is 0 Å². The lowest BCUT2D eigenvalue weighted by atomic mass is 10.1. The van der Waals surface area contributed by atoms with Crippen molar-refractivity contribution in [1.82, 2.24) is 5.43 Å². The molecule has 0 bridgehead atoms. The molecule has 1 amide bonds. The van der Waals surface area contributed by atoms with Gasteiger partial charge >= 0.3 is 5.97 Å². The number of sulfonamides is 1. The summed E-state index contributed by atoms with van der Waals surface area (Å²) in [6.45, 7) is -0.569. The molecular formula is C18H18FN3O5S. The van der Waals surface area contributed by atoms with Gasteiger partial charge in [0.15, 0.2) is 0 Å². The Kier molecular flexibility index (Phi) is 6.83. The van der Waals surface area contributed by atoms with Crippen LogP contribution in [0.4, 0.5) is 10.1 Å². The second-order valence-corrected chi connectivity index (χ2v) is 7.56. The van der Waals surface area contributed by atoms with Crippen LogP contribution in [0.3, 0.4) is 0 Å². The number of methoxy groups -OCH3 is 1. The number of carbonyl (C=O) groups is 2. The lowest BCUT2D eigenvalue weighted by Crippen LogP contribution is -2.39. The number of ether oxygens (including phenoxy) is 1. The fraction of sp³-hybridized carbons (Fsp3) is 0.167. The first-order valence-electron chi connectivity index (χ1n) is 7.94. The zero-order chi connectivity index (χ0) is 20.7. The highest BCUT2D eigenvalue weighted by Gasteiger charge is 2.21. The molecule has 2 aromatic carbocycles. The van der Waals surface area contributed by atoms with Crippen molar-refractivity contribution < 1.29 is 27.1 Å². The van der Waals surface area contributed by atoms with Crippen LogP contribution in [0.5, 0.6) is 0 Å². The van der Waals surface area contributed by atoms with Crippen molar-refractivity contribution in [2.75, 3.05) is 24.2 Å². The topological polar surface area (TPSA) is 105 Å². The van der Waals surface area contributed by atoms with Gasteiger partial charge in [-0.1, -0.05) is 18.2 Å². The number of benzene rings is 2. The fourth-order valence-corrected chi connectivity index (χ4v) is 3.05. The highest BCUT2D eigenvalue weighted by molar-refractivity contribution is 7.92. The summed E-state index contributed by atoms with van der Waals surface area (Å²) in [5.41, 5.74) is 3.19. The minimum atomic E-state index is -3.81. The van der Waals surface area contributed by atoms with E-state index in [0.29, 0.717) is 11.1 Å². The van der Waals surface area contributed by atoms with E-state index in [4.69, 9.17) is 0 Å². The Bertz CT molecular complexity index is 991. The van der Waals surface area contributed by atoms with Crippen LogP contribution in [0.2, 0.25) is 0 Å². The molecule has 0 atom stereocenters. The minimum absolute atomic E-state index is 0.0278. The highest BCUT2D eigenvalue weighted by Crippen LogP contribution is 2.18. The number of nitrogens with one attached hydrogen (secondary N) is 1. The SMILES string of the molecule is COC(=O)c1ccc(/C=N\NC(=O)CN(c2cccc(F)c2)S(C)(=O)=O)cc1. The third-order valence-corrected chi connectivity index (χ3v) is 4.66. The van der Waals surface area contributed by atoms with Crippen LogP contribution in [0.1, 0.15) is 15.9 Å². The van der Waals surface area contributed by atoms with Crippen LogP contribution in [0, 0.1) is 5.82 Å². The molecule has 0 fully saturated rings. The number of nitrogens with zero attached hydrogens (tertiary/aromatic N) is 2. The van der Waals surface area contributed by atoms with E-state index >= 15 is 0 Å². The number of amides is 1.